The minimum atomic E-state index is -0.528. The molecule has 3 aromatic carbocycles. The number of benzene rings is 3. The first kappa shape index (κ1) is 20.8. The van der Waals surface area contributed by atoms with Crippen LogP contribution >= 0.6 is 11.8 Å². The van der Waals surface area contributed by atoms with Crippen LogP contribution in [0.15, 0.2) is 82.7 Å². The Kier molecular flexibility index (Phi) is 5.86. The molecule has 0 aliphatic rings. The second-order valence-corrected chi connectivity index (χ2v) is 8.40. The van der Waals surface area contributed by atoms with Gasteiger partial charge in [-0.3, -0.25) is 14.2 Å². The molecular formula is C24H20FN3O2S. The molecule has 0 fully saturated rings. The Hall–Kier alpha value is -3.45. The molecule has 0 bridgehead atoms. The molecule has 0 saturated carbocycles. The molecule has 4 rings (SSSR count). The number of carbonyl (C=O) groups excluding carboxylic acids is 1. The van der Waals surface area contributed by atoms with Crippen molar-refractivity contribution in [1.29, 1.82) is 0 Å². The summed E-state index contributed by atoms with van der Waals surface area (Å²) in [5.41, 5.74) is 2.45. The number of thioether (sulfide) groups is 1. The van der Waals surface area contributed by atoms with Gasteiger partial charge >= 0.3 is 0 Å². The number of aryl methyl sites for hydroxylation is 1. The van der Waals surface area contributed by atoms with Gasteiger partial charge in [-0.25, -0.2) is 9.37 Å². The van der Waals surface area contributed by atoms with Crippen LogP contribution in [0.5, 0.6) is 0 Å². The van der Waals surface area contributed by atoms with E-state index in [-0.39, 0.29) is 11.5 Å². The van der Waals surface area contributed by atoms with E-state index >= 15 is 0 Å². The summed E-state index contributed by atoms with van der Waals surface area (Å²) >= 11 is 1.18. The van der Waals surface area contributed by atoms with Gasteiger partial charge in [0.05, 0.1) is 21.8 Å². The SMILES string of the molecule is Cc1ccccc1NC(=O)C(C)Sc1nc2ccccc2c(=O)n1-c1ccc(F)cc1. The second kappa shape index (κ2) is 8.73. The summed E-state index contributed by atoms with van der Waals surface area (Å²) in [4.78, 5) is 30.7. The number of hydrogen-bond acceptors (Lipinski definition) is 4. The molecule has 5 nitrogen and oxygen atoms in total. The number of aromatic nitrogens is 2. The number of amides is 1. The van der Waals surface area contributed by atoms with Crippen molar-refractivity contribution in [1.82, 2.24) is 9.55 Å². The molecule has 0 saturated heterocycles. The van der Waals surface area contributed by atoms with E-state index in [4.69, 9.17) is 0 Å². The number of para-hydroxylation sites is 2. The lowest BCUT2D eigenvalue weighted by molar-refractivity contribution is -0.115. The zero-order chi connectivity index (χ0) is 22.0. The summed E-state index contributed by atoms with van der Waals surface area (Å²) in [5, 5.41) is 3.21. The largest absolute Gasteiger partial charge is 0.325 e. The van der Waals surface area contributed by atoms with Crippen LogP contribution in [-0.2, 0) is 4.79 Å². The summed E-state index contributed by atoms with van der Waals surface area (Å²) in [6.07, 6.45) is 0. The zero-order valence-electron chi connectivity index (χ0n) is 17.0. The van der Waals surface area contributed by atoms with Gasteiger partial charge in [-0.1, -0.05) is 42.1 Å². The van der Waals surface area contributed by atoms with Crippen LogP contribution in [0.25, 0.3) is 16.6 Å². The molecule has 31 heavy (non-hydrogen) atoms. The Morgan fingerprint density at radius 3 is 2.45 bits per heavy atom. The van der Waals surface area contributed by atoms with E-state index < -0.39 is 11.1 Å². The first-order valence-corrected chi connectivity index (χ1v) is 10.6. The molecule has 0 radical (unpaired) electrons. The highest BCUT2D eigenvalue weighted by Gasteiger charge is 2.21. The number of anilines is 1. The zero-order valence-corrected chi connectivity index (χ0v) is 17.8. The lowest BCUT2D eigenvalue weighted by Gasteiger charge is -2.17. The van der Waals surface area contributed by atoms with Gasteiger partial charge < -0.3 is 5.32 Å². The van der Waals surface area contributed by atoms with Crippen LogP contribution < -0.4 is 10.9 Å². The van der Waals surface area contributed by atoms with Crippen molar-refractivity contribution in [2.24, 2.45) is 0 Å². The van der Waals surface area contributed by atoms with Crippen molar-refractivity contribution in [3.63, 3.8) is 0 Å². The Morgan fingerprint density at radius 1 is 1.03 bits per heavy atom. The van der Waals surface area contributed by atoms with E-state index in [1.165, 1.54) is 40.6 Å². The highest BCUT2D eigenvalue weighted by atomic mass is 32.2. The molecule has 4 aromatic rings. The molecule has 0 spiro atoms. The smallest absolute Gasteiger partial charge is 0.266 e. The lowest BCUT2D eigenvalue weighted by atomic mass is 10.2. The summed E-state index contributed by atoms with van der Waals surface area (Å²) in [6.45, 7) is 3.68. The van der Waals surface area contributed by atoms with Crippen LogP contribution in [0.3, 0.4) is 0 Å². The monoisotopic (exact) mass is 433 g/mol. The van der Waals surface area contributed by atoms with Crippen LogP contribution in [0.1, 0.15) is 12.5 Å². The maximum atomic E-state index is 13.5. The fourth-order valence-corrected chi connectivity index (χ4v) is 4.10. The Labute approximate surface area is 182 Å². The van der Waals surface area contributed by atoms with Crippen molar-refractivity contribution < 1.29 is 9.18 Å². The highest BCUT2D eigenvalue weighted by molar-refractivity contribution is 8.00. The average molecular weight is 434 g/mol. The fraction of sp³-hybridized carbons (Fsp3) is 0.125. The highest BCUT2D eigenvalue weighted by Crippen LogP contribution is 2.26. The average Bonchev–Trinajstić information content (AvgIpc) is 2.76. The van der Waals surface area contributed by atoms with Gasteiger partial charge in [0.2, 0.25) is 5.91 Å². The minimum Gasteiger partial charge on any atom is -0.325 e. The normalized spacial score (nSPS) is 12.0. The van der Waals surface area contributed by atoms with Gasteiger partial charge in [-0.05, 0) is 61.9 Å². The lowest BCUT2D eigenvalue weighted by Crippen LogP contribution is -2.26. The molecule has 7 heteroatoms. The summed E-state index contributed by atoms with van der Waals surface area (Å²) < 4.78 is 14.9. The van der Waals surface area contributed by atoms with Crippen molar-refractivity contribution in [2.45, 2.75) is 24.3 Å². The van der Waals surface area contributed by atoms with Crippen LogP contribution in [0.2, 0.25) is 0 Å². The summed E-state index contributed by atoms with van der Waals surface area (Å²) in [5.74, 6) is -0.599. The van der Waals surface area contributed by atoms with Crippen LogP contribution in [-0.4, -0.2) is 20.7 Å². The van der Waals surface area contributed by atoms with E-state index in [2.05, 4.69) is 10.3 Å². The topological polar surface area (TPSA) is 64.0 Å². The van der Waals surface area contributed by atoms with Crippen LogP contribution in [0, 0.1) is 12.7 Å². The van der Waals surface area contributed by atoms with E-state index in [0.717, 1.165) is 11.3 Å². The molecule has 0 aliphatic heterocycles. The third kappa shape index (κ3) is 4.36. The predicted octanol–water partition coefficient (Wildman–Crippen LogP) is 4.95. The Bertz CT molecular complexity index is 1320. The van der Waals surface area contributed by atoms with Crippen molar-refractivity contribution >= 4 is 34.3 Å². The Balaban J connectivity index is 1.73. The molecule has 156 valence electrons. The number of nitrogens with one attached hydrogen (secondary N) is 1. The molecule has 1 aromatic heterocycles. The van der Waals surface area contributed by atoms with Gasteiger partial charge in [0.25, 0.3) is 5.56 Å². The maximum absolute atomic E-state index is 13.5. The fourth-order valence-electron chi connectivity index (χ4n) is 3.17. The van der Waals surface area contributed by atoms with E-state index in [0.29, 0.717) is 21.7 Å². The predicted molar refractivity (Wildman–Crippen MR) is 122 cm³/mol. The standard InChI is InChI=1S/C24H20FN3O2S/c1-15-7-3-5-9-20(15)26-22(29)16(2)31-24-27-21-10-6-4-8-19(21)23(30)28(24)18-13-11-17(25)12-14-18/h3-14,16H,1-2H3,(H,26,29). The first-order chi connectivity index (χ1) is 14.9. The van der Waals surface area contributed by atoms with Gasteiger partial charge in [0.1, 0.15) is 5.82 Å². The van der Waals surface area contributed by atoms with Crippen LogP contribution in [0.4, 0.5) is 10.1 Å². The van der Waals surface area contributed by atoms with Crippen molar-refractivity contribution in [3.05, 3.63) is 94.5 Å². The van der Waals surface area contributed by atoms with Crippen molar-refractivity contribution in [2.75, 3.05) is 5.32 Å². The van der Waals surface area contributed by atoms with Crippen molar-refractivity contribution in [3.8, 4) is 5.69 Å². The first-order valence-electron chi connectivity index (χ1n) is 9.75. The summed E-state index contributed by atoms with van der Waals surface area (Å²) in [6, 6.07) is 20.2. The summed E-state index contributed by atoms with van der Waals surface area (Å²) in [7, 11) is 0. The molecular weight excluding hydrogens is 413 g/mol. The van der Waals surface area contributed by atoms with Gasteiger partial charge in [0.15, 0.2) is 5.16 Å². The van der Waals surface area contributed by atoms with Gasteiger partial charge in [0, 0.05) is 5.69 Å². The quantitative estimate of drug-likeness (QED) is 0.357. The Morgan fingerprint density at radius 2 is 1.71 bits per heavy atom. The van der Waals surface area contributed by atoms with E-state index in [1.54, 1.807) is 31.2 Å². The van der Waals surface area contributed by atoms with Gasteiger partial charge in [-0.15, -0.1) is 0 Å². The minimum absolute atomic E-state index is 0.202. The number of rotatable bonds is 5. The third-order valence-electron chi connectivity index (χ3n) is 4.88. The third-order valence-corrected chi connectivity index (χ3v) is 5.94. The number of carbonyl (C=O) groups is 1. The number of fused-ring (bicyclic) bond motifs is 1. The number of hydrogen-bond donors (Lipinski definition) is 1. The number of nitrogens with zero attached hydrogens (tertiary/aromatic N) is 2. The molecule has 1 atom stereocenters. The molecule has 1 N–H and O–H groups in total. The van der Waals surface area contributed by atoms with E-state index in [9.17, 15) is 14.0 Å². The number of halogens is 1. The molecule has 1 amide bonds. The molecule has 1 heterocycles. The van der Waals surface area contributed by atoms with Gasteiger partial charge in [-0.2, -0.15) is 0 Å². The second-order valence-electron chi connectivity index (χ2n) is 7.09. The molecule has 0 aliphatic carbocycles. The maximum Gasteiger partial charge on any atom is 0.266 e. The van der Waals surface area contributed by atoms with E-state index in [1.807, 2.05) is 31.2 Å². The molecule has 1 unspecified atom stereocenters.